The topological polar surface area (TPSA) is 42.7 Å². The summed E-state index contributed by atoms with van der Waals surface area (Å²) in [6.07, 6.45) is -3.69. The Morgan fingerprint density at radius 2 is 2.10 bits per heavy atom. The number of carbonyl (C=O) groups excluding carboxylic acids is 1. The average molecular weight is 293 g/mol. The molecule has 1 aromatic rings. The second-order valence-corrected chi connectivity index (χ2v) is 4.46. The first-order valence-corrected chi connectivity index (χ1v) is 6.27. The highest BCUT2D eigenvalue weighted by Gasteiger charge is 2.33. The third kappa shape index (κ3) is 4.56. The molecule has 1 atom stereocenters. The molecule has 0 aliphatic carbocycles. The van der Waals surface area contributed by atoms with Crippen molar-refractivity contribution in [3.8, 4) is 0 Å². The molecule has 0 amide bonds. The number of carbonyl (C=O) groups is 1. The molecule has 0 fully saturated rings. The second kappa shape index (κ2) is 6.78. The Labute approximate surface area is 115 Å². The summed E-state index contributed by atoms with van der Waals surface area (Å²) in [6.45, 7) is 2.69. The highest BCUT2D eigenvalue weighted by molar-refractivity contribution is 5.86. The molecule has 0 saturated carbocycles. The summed E-state index contributed by atoms with van der Waals surface area (Å²) in [6, 6.07) is 2.32. The molecule has 1 unspecified atom stereocenters. The van der Waals surface area contributed by atoms with Gasteiger partial charge in [0.05, 0.1) is 19.7 Å². The van der Waals surface area contributed by atoms with E-state index in [1.165, 1.54) is 24.1 Å². The van der Waals surface area contributed by atoms with Gasteiger partial charge in [-0.1, -0.05) is 6.92 Å². The molecule has 1 rings (SSSR count). The molecule has 0 aromatic carbocycles. The molecular weight excluding hydrogens is 275 g/mol. The predicted molar refractivity (Wildman–Crippen MR) is 66.4 cm³/mol. The van der Waals surface area contributed by atoms with Gasteiger partial charge in [0.25, 0.3) is 0 Å². The number of methoxy groups -OCH3 is 1. The maximum absolute atomic E-state index is 12.5. The Bertz CT molecular complexity index is 442. The zero-order valence-electron chi connectivity index (χ0n) is 11.7. The molecule has 0 N–H and O–H groups in total. The van der Waals surface area contributed by atoms with Crippen molar-refractivity contribution in [1.82, 2.24) is 4.90 Å². The van der Waals surface area contributed by atoms with Gasteiger partial charge in [0.2, 0.25) is 5.76 Å². The van der Waals surface area contributed by atoms with Crippen molar-refractivity contribution >= 4 is 5.97 Å². The lowest BCUT2D eigenvalue weighted by atomic mass is 10.2. The van der Waals surface area contributed by atoms with Crippen molar-refractivity contribution < 1.29 is 27.1 Å². The van der Waals surface area contributed by atoms with Crippen LogP contribution in [0, 0.1) is 0 Å². The van der Waals surface area contributed by atoms with E-state index in [4.69, 9.17) is 4.42 Å². The molecule has 0 aliphatic heterocycles. The van der Waals surface area contributed by atoms with Crippen molar-refractivity contribution in [1.29, 1.82) is 0 Å². The van der Waals surface area contributed by atoms with Crippen LogP contribution in [-0.4, -0.2) is 37.2 Å². The van der Waals surface area contributed by atoms with E-state index < -0.39 is 24.7 Å². The molecule has 20 heavy (non-hydrogen) atoms. The van der Waals surface area contributed by atoms with Crippen molar-refractivity contribution in [3.63, 3.8) is 0 Å². The molecule has 1 aromatic heterocycles. The van der Waals surface area contributed by atoms with Gasteiger partial charge in [-0.15, -0.1) is 0 Å². The van der Waals surface area contributed by atoms with E-state index in [1.807, 2.05) is 0 Å². The van der Waals surface area contributed by atoms with Gasteiger partial charge >= 0.3 is 12.1 Å². The predicted octanol–water partition coefficient (Wildman–Crippen LogP) is 3.40. The van der Waals surface area contributed by atoms with E-state index in [9.17, 15) is 18.0 Å². The normalized spacial score (nSPS) is 13.6. The third-order valence-electron chi connectivity index (χ3n) is 2.87. The van der Waals surface area contributed by atoms with Gasteiger partial charge in [-0.25, -0.2) is 4.79 Å². The van der Waals surface area contributed by atoms with E-state index in [1.54, 1.807) is 13.8 Å². The maximum Gasteiger partial charge on any atom is 0.401 e. The molecule has 0 bridgehead atoms. The number of hydrogen-bond acceptors (Lipinski definition) is 4. The largest absolute Gasteiger partial charge is 0.463 e. The Hall–Kier alpha value is -1.50. The lowest BCUT2D eigenvalue weighted by Gasteiger charge is -2.28. The fourth-order valence-corrected chi connectivity index (χ4v) is 1.89. The van der Waals surface area contributed by atoms with Gasteiger partial charge in [0.15, 0.2) is 0 Å². The Morgan fingerprint density at radius 3 is 2.60 bits per heavy atom. The van der Waals surface area contributed by atoms with Crippen LogP contribution in [0.4, 0.5) is 13.2 Å². The quantitative estimate of drug-likeness (QED) is 0.754. The fraction of sp³-hybridized carbons (Fsp3) is 0.615. The minimum atomic E-state index is -4.28. The lowest BCUT2D eigenvalue weighted by Crippen LogP contribution is -2.36. The smallest absolute Gasteiger partial charge is 0.401 e. The number of furan rings is 1. The minimum absolute atomic E-state index is 0.0159. The molecule has 0 spiro atoms. The van der Waals surface area contributed by atoms with E-state index in [-0.39, 0.29) is 12.3 Å². The van der Waals surface area contributed by atoms with E-state index >= 15 is 0 Å². The molecule has 4 nitrogen and oxygen atoms in total. The highest BCUT2D eigenvalue weighted by Crippen LogP contribution is 2.27. The summed E-state index contributed by atoms with van der Waals surface area (Å²) in [7, 11) is 1.21. The molecular formula is C13H18F3NO3. The van der Waals surface area contributed by atoms with Crippen molar-refractivity contribution in [2.75, 3.05) is 20.2 Å². The summed E-state index contributed by atoms with van der Waals surface area (Å²) in [5.74, 6) is -0.359. The maximum atomic E-state index is 12.5. The summed E-state index contributed by atoms with van der Waals surface area (Å²) in [5.41, 5.74) is 0. The summed E-state index contributed by atoms with van der Waals surface area (Å²) >= 11 is 0. The van der Waals surface area contributed by atoms with Crippen LogP contribution in [0.2, 0.25) is 0 Å². The van der Waals surface area contributed by atoms with Gasteiger partial charge in [-0.3, -0.25) is 4.90 Å². The molecule has 1 heterocycles. The van der Waals surface area contributed by atoms with Crippen LogP contribution in [0.5, 0.6) is 0 Å². The molecule has 7 heteroatoms. The Balaban J connectivity index is 2.86. The van der Waals surface area contributed by atoms with Crippen molar-refractivity contribution in [2.24, 2.45) is 0 Å². The first-order valence-electron chi connectivity index (χ1n) is 6.27. The van der Waals surface area contributed by atoms with Gasteiger partial charge in [-0.05, 0) is 32.0 Å². The number of halogens is 3. The zero-order valence-corrected chi connectivity index (χ0v) is 11.7. The monoisotopic (exact) mass is 293 g/mol. The number of ether oxygens (including phenoxy) is 1. The van der Waals surface area contributed by atoms with E-state index in [0.29, 0.717) is 12.2 Å². The fourth-order valence-electron chi connectivity index (χ4n) is 1.89. The number of nitrogens with zero attached hydrogens (tertiary/aromatic N) is 1. The molecule has 0 radical (unpaired) electrons. The summed E-state index contributed by atoms with van der Waals surface area (Å²) < 4.78 is 47.4. The van der Waals surface area contributed by atoms with Crippen LogP contribution in [0.15, 0.2) is 16.5 Å². The minimum Gasteiger partial charge on any atom is -0.463 e. The van der Waals surface area contributed by atoms with Crippen LogP contribution in [0.1, 0.15) is 42.6 Å². The summed E-state index contributed by atoms with van der Waals surface area (Å²) in [4.78, 5) is 12.5. The Morgan fingerprint density at radius 1 is 1.45 bits per heavy atom. The number of esters is 1. The second-order valence-electron chi connectivity index (χ2n) is 4.46. The van der Waals surface area contributed by atoms with Gasteiger partial charge < -0.3 is 9.15 Å². The highest BCUT2D eigenvalue weighted by atomic mass is 19.4. The zero-order chi connectivity index (χ0) is 15.3. The number of hydrogen-bond donors (Lipinski definition) is 0. The van der Waals surface area contributed by atoms with Crippen LogP contribution in [0.3, 0.4) is 0 Å². The van der Waals surface area contributed by atoms with Crippen molar-refractivity contribution in [2.45, 2.75) is 32.5 Å². The van der Waals surface area contributed by atoms with Crippen LogP contribution in [-0.2, 0) is 4.74 Å². The van der Waals surface area contributed by atoms with Gasteiger partial charge in [0.1, 0.15) is 5.76 Å². The van der Waals surface area contributed by atoms with Crippen LogP contribution < -0.4 is 0 Å². The standard InChI is InChI=1S/C13H18F3NO3/c1-4-7-17(8-13(14,15)16)9(2)10-5-6-11(20-10)12(18)19-3/h5-6,9H,4,7-8H2,1-3H3. The SMILES string of the molecule is CCCN(CC(F)(F)F)C(C)c1ccc(C(=O)OC)o1. The van der Waals surface area contributed by atoms with E-state index in [0.717, 1.165) is 0 Å². The number of rotatable bonds is 6. The van der Waals surface area contributed by atoms with E-state index in [2.05, 4.69) is 4.74 Å². The first-order chi connectivity index (χ1) is 9.28. The third-order valence-corrected chi connectivity index (χ3v) is 2.87. The average Bonchev–Trinajstić information content (AvgIpc) is 2.84. The van der Waals surface area contributed by atoms with Crippen LogP contribution in [0.25, 0.3) is 0 Å². The molecule has 114 valence electrons. The summed E-state index contributed by atoms with van der Waals surface area (Å²) in [5, 5.41) is 0. The van der Waals surface area contributed by atoms with Gasteiger partial charge in [-0.2, -0.15) is 13.2 Å². The number of alkyl halides is 3. The Kier molecular flexibility index (Phi) is 5.62. The van der Waals surface area contributed by atoms with Crippen molar-refractivity contribution in [3.05, 3.63) is 23.7 Å². The van der Waals surface area contributed by atoms with Gasteiger partial charge in [0, 0.05) is 0 Å². The first kappa shape index (κ1) is 16.6. The lowest BCUT2D eigenvalue weighted by molar-refractivity contribution is -0.151. The molecule has 0 saturated heterocycles. The molecule has 0 aliphatic rings. The van der Waals surface area contributed by atoms with Crippen LogP contribution >= 0.6 is 0 Å².